The molecule has 6 rings (SSSR count). The van der Waals surface area contributed by atoms with Gasteiger partial charge in [-0.2, -0.15) is 5.10 Å². The number of rotatable bonds is 5. The second kappa shape index (κ2) is 7.90. The van der Waals surface area contributed by atoms with Crippen LogP contribution in [0.25, 0.3) is 0 Å². The number of aromatic nitrogens is 2. The fourth-order valence-electron chi connectivity index (χ4n) is 5.82. The van der Waals surface area contributed by atoms with E-state index < -0.39 is 0 Å². The number of anilines is 2. The lowest BCUT2D eigenvalue weighted by Gasteiger charge is -2.40. The molecule has 1 aliphatic carbocycles. The number of amides is 2. The van der Waals surface area contributed by atoms with Crippen LogP contribution >= 0.6 is 0 Å². The highest BCUT2D eigenvalue weighted by molar-refractivity contribution is 6.01. The number of benzene rings is 1. The van der Waals surface area contributed by atoms with Crippen molar-refractivity contribution in [3.63, 3.8) is 0 Å². The van der Waals surface area contributed by atoms with Gasteiger partial charge in [-0.05, 0) is 74.3 Å². The summed E-state index contributed by atoms with van der Waals surface area (Å²) < 4.78 is 0. The van der Waals surface area contributed by atoms with Gasteiger partial charge < -0.3 is 10.2 Å². The molecule has 3 saturated heterocycles. The largest absolute Gasteiger partial charge is 0.336 e. The maximum Gasteiger partial charge on any atom is 0.238 e. The van der Waals surface area contributed by atoms with E-state index in [-0.39, 0.29) is 17.2 Å². The maximum absolute atomic E-state index is 13.2. The van der Waals surface area contributed by atoms with Crippen molar-refractivity contribution in [1.82, 2.24) is 20.4 Å². The van der Waals surface area contributed by atoms with E-state index in [0.29, 0.717) is 42.8 Å². The molecule has 1 aromatic carbocycles. The number of piperidine rings is 1. The average molecular weight is 446 g/mol. The second-order valence-electron chi connectivity index (χ2n) is 10.5. The van der Waals surface area contributed by atoms with Crippen LogP contribution in [0.5, 0.6) is 0 Å². The molecule has 1 aromatic heterocycles. The Hall–Kier alpha value is -2.80. The minimum Gasteiger partial charge on any atom is -0.336 e. The van der Waals surface area contributed by atoms with Gasteiger partial charge in [0.2, 0.25) is 11.8 Å². The van der Waals surface area contributed by atoms with E-state index in [2.05, 4.69) is 39.5 Å². The molecule has 1 saturated carbocycles. The van der Waals surface area contributed by atoms with Gasteiger partial charge in [-0.3, -0.25) is 14.5 Å². The Labute approximate surface area is 194 Å². The molecule has 0 radical (unpaired) electrons. The number of hydrogen-bond acceptors (Lipinski definition) is 5. The molecule has 2 atom stereocenters. The van der Waals surface area contributed by atoms with Crippen LogP contribution < -0.4 is 10.2 Å². The van der Waals surface area contributed by atoms with Crippen molar-refractivity contribution in [3.05, 3.63) is 48.2 Å². The smallest absolute Gasteiger partial charge is 0.238 e. The molecule has 3 aliphatic heterocycles. The molecule has 2 aromatic rings. The number of nitrogens with zero attached hydrogens (tertiary/aromatic N) is 4. The van der Waals surface area contributed by atoms with Gasteiger partial charge in [0.05, 0.1) is 11.6 Å². The van der Waals surface area contributed by atoms with Gasteiger partial charge in [-0.1, -0.05) is 19.1 Å². The first-order chi connectivity index (χ1) is 16.0. The topological polar surface area (TPSA) is 78.4 Å². The predicted molar refractivity (Wildman–Crippen MR) is 125 cm³/mol. The van der Waals surface area contributed by atoms with E-state index in [1.165, 1.54) is 5.56 Å². The fraction of sp³-hybridized carbons (Fsp3) is 0.538. The Morgan fingerprint density at radius 1 is 1.06 bits per heavy atom. The van der Waals surface area contributed by atoms with Gasteiger partial charge in [0, 0.05) is 36.8 Å². The summed E-state index contributed by atoms with van der Waals surface area (Å²) in [6, 6.07) is 12.8. The first-order valence-corrected chi connectivity index (χ1v) is 12.3. The number of nitrogens with one attached hydrogen (secondary N) is 1. The molecular weight excluding hydrogens is 414 g/mol. The summed E-state index contributed by atoms with van der Waals surface area (Å²) in [5.41, 5.74) is 2.05. The molecular formula is C26H31N5O2. The van der Waals surface area contributed by atoms with E-state index in [9.17, 15) is 9.59 Å². The third kappa shape index (κ3) is 3.62. The average Bonchev–Trinajstić information content (AvgIpc) is 3.49. The molecule has 0 spiro atoms. The van der Waals surface area contributed by atoms with Crippen molar-refractivity contribution < 1.29 is 9.59 Å². The van der Waals surface area contributed by atoms with E-state index in [1.54, 1.807) is 11.1 Å². The van der Waals surface area contributed by atoms with Crippen molar-refractivity contribution in [2.24, 2.45) is 11.3 Å². The molecule has 4 aliphatic rings. The minimum absolute atomic E-state index is 0.0301. The molecule has 4 fully saturated rings. The summed E-state index contributed by atoms with van der Waals surface area (Å²) in [5, 5.41) is 11.4. The van der Waals surface area contributed by atoms with Gasteiger partial charge >= 0.3 is 0 Å². The Kier molecular flexibility index (Phi) is 4.98. The predicted octanol–water partition coefficient (Wildman–Crippen LogP) is 3.40. The van der Waals surface area contributed by atoms with E-state index in [0.717, 1.165) is 44.2 Å². The summed E-state index contributed by atoms with van der Waals surface area (Å²) in [6.07, 6.45) is 8.05. The molecule has 7 heteroatoms. The van der Waals surface area contributed by atoms with Gasteiger partial charge in [0.15, 0.2) is 5.82 Å². The molecule has 2 unspecified atom stereocenters. The Balaban J connectivity index is 1.21. The van der Waals surface area contributed by atoms with Gasteiger partial charge in [-0.15, -0.1) is 5.10 Å². The van der Waals surface area contributed by atoms with Crippen LogP contribution in [0.4, 0.5) is 11.5 Å². The molecule has 172 valence electrons. The Morgan fingerprint density at radius 3 is 2.30 bits per heavy atom. The van der Waals surface area contributed by atoms with E-state index >= 15 is 0 Å². The SMILES string of the molecule is CC1(C(=O)N2C3CCC2CC(c2ccc(N(C(=O)C4CNC4)c4cccnn4)cc2)C3)CC1. The van der Waals surface area contributed by atoms with E-state index in [4.69, 9.17) is 0 Å². The number of carbonyl (C=O) groups excluding carboxylic acids is 2. The molecule has 4 heterocycles. The molecule has 2 amide bonds. The first kappa shape index (κ1) is 20.8. The normalized spacial score (nSPS) is 27.7. The van der Waals surface area contributed by atoms with Crippen molar-refractivity contribution in [2.75, 3.05) is 18.0 Å². The summed E-state index contributed by atoms with van der Waals surface area (Å²) in [5.74, 6) is 1.44. The molecule has 7 nitrogen and oxygen atoms in total. The standard InChI is InChI=1S/C26H31N5O2/c1-26(10-11-26)25(33)30-21-8-9-22(30)14-18(13-21)17-4-6-20(7-5-17)31(23-3-2-12-28-29-23)24(32)19-15-27-16-19/h2-7,12,18-19,21-22,27H,8-11,13-16H2,1H3. The van der Waals surface area contributed by atoms with Crippen molar-refractivity contribution in [2.45, 2.75) is 63.5 Å². The fourth-order valence-corrected chi connectivity index (χ4v) is 5.82. The third-order valence-corrected chi connectivity index (χ3v) is 8.25. The highest BCUT2D eigenvalue weighted by Gasteiger charge is 2.53. The first-order valence-electron chi connectivity index (χ1n) is 12.3. The quantitative estimate of drug-likeness (QED) is 0.763. The maximum atomic E-state index is 13.2. The summed E-state index contributed by atoms with van der Waals surface area (Å²) in [7, 11) is 0. The highest BCUT2D eigenvalue weighted by atomic mass is 16.2. The van der Waals surface area contributed by atoms with Crippen LogP contribution in [-0.2, 0) is 9.59 Å². The van der Waals surface area contributed by atoms with Crippen molar-refractivity contribution in [3.8, 4) is 0 Å². The van der Waals surface area contributed by atoms with Crippen molar-refractivity contribution >= 4 is 23.3 Å². The van der Waals surface area contributed by atoms with Crippen LogP contribution in [-0.4, -0.2) is 52.1 Å². The van der Waals surface area contributed by atoms with E-state index in [1.807, 2.05) is 24.3 Å². The van der Waals surface area contributed by atoms with Crippen LogP contribution in [0, 0.1) is 11.3 Å². The zero-order valence-electron chi connectivity index (χ0n) is 19.1. The summed E-state index contributed by atoms with van der Waals surface area (Å²) in [6.45, 7) is 3.53. The van der Waals surface area contributed by atoms with Crippen LogP contribution in [0.1, 0.15) is 56.9 Å². The molecule has 1 N–H and O–H groups in total. The van der Waals surface area contributed by atoms with Crippen molar-refractivity contribution in [1.29, 1.82) is 0 Å². The number of fused-ring (bicyclic) bond motifs is 2. The lowest BCUT2D eigenvalue weighted by atomic mass is 9.84. The van der Waals surface area contributed by atoms with Gasteiger partial charge in [-0.25, -0.2) is 0 Å². The summed E-state index contributed by atoms with van der Waals surface area (Å²) >= 11 is 0. The highest BCUT2D eigenvalue weighted by Crippen LogP contribution is 2.51. The van der Waals surface area contributed by atoms with Gasteiger partial charge in [0.25, 0.3) is 0 Å². The lowest BCUT2D eigenvalue weighted by Crippen LogP contribution is -2.51. The third-order valence-electron chi connectivity index (χ3n) is 8.25. The monoisotopic (exact) mass is 445 g/mol. The summed E-state index contributed by atoms with van der Waals surface area (Å²) in [4.78, 5) is 30.2. The molecule has 2 bridgehead atoms. The van der Waals surface area contributed by atoms with Gasteiger partial charge in [0.1, 0.15) is 0 Å². The number of hydrogen-bond donors (Lipinski definition) is 1. The minimum atomic E-state index is -0.0817. The molecule has 33 heavy (non-hydrogen) atoms. The Morgan fingerprint density at radius 2 is 1.76 bits per heavy atom. The van der Waals surface area contributed by atoms with Crippen LogP contribution in [0.2, 0.25) is 0 Å². The number of carbonyl (C=O) groups is 2. The Bertz CT molecular complexity index is 1030. The van der Waals surface area contributed by atoms with Crippen LogP contribution in [0.15, 0.2) is 42.6 Å². The zero-order valence-corrected chi connectivity index (χ0v) is 19.1. The second-order valence-corrected chi connectivity index (χ2v) is 10.5. The van der Waals surface area contributed by atoms with Crippen LogP contribution in [0.3, 0.4) is 0 Å². The zero-order chi connectivity index (χ0) is 22.6. The lowest BCUT2D eigenvalue weighted by molar-refractivity contribution is -0.141.